The van der Waals surface area contributed by atoms with Gasteiger partial charge >= 0.3 is 6.03 Å². The highest BCUT2D eigenvalue weighted by molar-refractivity contribution is 14.1. The number of rotatable bonds is 1. The van der Waals surface area contributed by atoms with E-state index in [1.807, 2.05) is 0 Å². The minimum atomic E-state index is -0.111. The molecule has 2 fully saturated rings. The molecule has 2 aliphatic heterocycles. The first-order valence-electron chi connectivity index (χ1n) is 5.94. The Morgan fingerprint density at radius 1 is 1.53 bits per heavy atom. The molecule has 3 heterocycles. The van der Waals surface area contributed by atoms with Crippen LogP contribution in [0, 0.1) is 9.49 Å². The van der Waals surface area contributed by atoms with Gasteiger partial charge in [-0.1, -0.05) is 0 Å². The van der Waals surface area contributed by atoms with E-state index >= 15 is 0 Å². The molecule has 1 unspecified atom stereocenters. The minimum absolute atomic E-state index is 0.111. The largest absolute Gasteiger partial charge is 0.342 e. The van der Waals surface area contributed by atoms with Crippen molar-refractivity contribution in [3.8, 4) is 0 Å². The van der Waals surface area contributed by atoms with E-state index in [0.29, 0.717) is 0 Å². The SMILES string of the molecule is O=C(N[C@@H]1C[C@H]2CCN(C2)C1)n1cc(I)cn1. The smallest absolute Gasteiger partial charge is 0.332 e. The Balaban J connectivity index is 1.62. The lowest BCUT2D eigenvalue weighted by Crippen LogP contribution is -2.48. The molecule has 1 aromatic heterocycles. The Morgan fingerprint density at radius 3 is 3.12 bits per heavy atom. The minimum Gasteiger partial charge on any atom is -0.332 e. The topological polar surface area (TPSA) is 50.2 Å². The maximum atomic E-state index is 11.9. The van der Waals surface area contributed by atoms with Gasteiger partial charge in [0.15, 0.2) is 0 Å². The molecule has 92 valence electrons. The zero-order chi connectivity index (χ0) is 11.8. The second kappa shape index (κ2) is 4.56. The van der Waals surface area contributed by atoms with Gasteiger partial charge in [-0.3, -0.25) is 0 Å². The molecular formula is C11H15IN4O. The number of carbonyl (C=O) groups excluding carboxylic acids is 1. The summed E-state index contributed by atoms with van der Waals surface area (Å²) in [6, 6.07) is 0.172. The number of piperidine rings is 1. The van der Waals surface area contributed by atoms with Crippen molar-refractivity contribution in [3.05, 3.63) is 16.0 Å². The highest BCUT2D eigenvalue weighted by Gasteiger charge is 2.33. The molecule has 1 N–H and O–H groups in total. The van der Waals surface area contributed by atoms with Crippen molar-refractivity contribution in [1.82, 2.24) is 20.0 Å². The molecule has 1 aromatic rings. The summed E-state index contributed by atoms with van der Waals surface area (Å²) in [5, 5.41) is 7.08. The predicted octanol–water partition coefficient (Wildman–Crippen LogP) is 1.14. The summed E-state index contributed by atoms with van der Waals surface area (Å²) >= 11 is 2.15. The summed E-state index contributed by atoms with van der Waals surface area (Å²) in [4.78, 5) is 14.4. The van der Waals surface area contributed by atoms with Crippen LogP contribution in [0.3, 0.4) is 0 Å². The molecule has 0 aromatic carbocycles. The Bertz CT molecular complexity index is 421. The van der Waals surface area contributed by atoms with E-state index in [4.69, 9.17) is 0 Å². The second-order valence-corrected chi connectivity index (χ2v) is 6.15. The monoisotopic (exact) mass is 346 g/mol. The Hall–Kier alpha value is -0.630. The molecule has 0 radical (unpaired) electrons. The first-order chi connectivity index (χ1) is 8.20. The maximum absolute atomic E-state index is 11.9. The van der Waals surface area contributed by atoms with Crippen molar-refractivity contribution in [2.24, 2.45) is 5.92 Å². The van der Waals surface area contributed by atoms with Crippen molar-refractivity contribution >= 4 is 28.6 Å². The normalized spacial score (nSPS) is 31.5. The van der Waals surface area contributed by atoms with E-state index in [-0.39, 0.29) is 12.1 Å². The third kappa shape index (κ3) is 2.47. The van der Waals surface area contributed by atoms with Gasteiger partial charge in [0.2, 0.25) is 0 Å². The standard InChI is InChI=1S/C11H15IN4O/c12-9-4-13-16(6-9)11(17)14-10-3-8-1-2-15(5-8)7-10/h4,6,8,10H,1-3,5,7H2,(H,14,17)/t8-,10-/m1/s1. The number of aromatic nitrogens is 2. The van der Waals surface area contributed by atoms with Gasteiger partial charge in [-0.15, -0.1) is 0 Å². The third-order valence-corrected chi connectivity index (χ3v) is 4.11. The number of nitrogens with one attached hydrogen (secondary N) is 1. The fourth-order valence-electron chi connectivity index (χ4n) is 2.82. The number of amides is 1. The molecule has 0 aliphatic carbocycles. The summed E-state index contributed by atoms with van der Waals surface area (Å²) < 4.78 is 2.36. The van der Waals surface area contributed by atoms with Crippen molar-refractivity contribution < 1.29 is 4.79 Å². The van der Waals surface area contributed by atoms with Crippen LogP contribution in [0.2, 0.25) is 0 Å². The van der Waals surface area contributed by atoms with Crippen molar-refractivity contribution in [2.45, 2.75) is 18.9 Å². The Morgan fingerprint density at radius 2 is 2.41 bits per heavy atom. The molecule has 2 saturated heterocycles. The van der Waals surface area contributed by atoms with Gasteiger partial charge in [-0.05, 0) is 47.9 Å². The first kappa shape index (κ1) is 11.5. The average molecular weight is 346 g/mol. The van der Waals surface area contributed by atoms with Gasteiger partial charge in [-0.25, -0.2) is 4.79 Å². The number of halogens is 1. The summed E-state index contributed by atoms with van der Waals surface area (Å²) in [6.45, 7) is 3.39. The number of hydrogen-bond acceptors (Lipinski definition) is 3. The van der Waals surface area contributed by atoms with E-state index in [0.717, 1.165) is 22.5 Å². The molecule has 1 amide bonds. The first-order valence-corrected chi connectivity index (χ1v) is 7.02. The zero-order valence-corrected chi connectivity index (χ0v) is 11.6. The van der Waals surface area contributed by atoms with Crippen LogP contribution in [0.15, 0.2) is 12.4 Å². The van der Waals surface area contributed by atoms with Crippen LogP contribution in [-0.4, -0.2) is 46.4 Å². The molecule has 0 spiro atoms. The van der Waals surface area contributed by atoms with E-state index in [9.17, 15) is 4.79 Å². The van der Waals surface area contributed by atoms with Crippen LogP contribution in [0.25, 0.3) is 0 Å². The fourth-order valence-corrected chi connectivity index (χ4v) is 3.21. The number of carbonyl (C=O) groups is 1. The molecule has 5 nitrogen and oxygen atoms in total. The highest BCUT2D eigenvalue weighted by Crippen LogP contribution is 2.26. The number of hydrogen-bond donors (Lipinski definition) is 1. The lowest BCUT2D eigenvalue weighted by atomic mass is 9.97. The van der Waals surface area contributed by atoms with Gasteiger partial charge in [0.05, 0.1) is 9.77 Å². The van der Waals surface area contributed by atoms with Crippen LogP contribution in [0.5, 0.6) is 0 Å². The van der Waals surface area contributed by atoms with Crippen LogP contribution in [-0.2, 0) is 0 Å². The van der Waals surface area contributed by atoms with Crippen LogP contribution in [0.1, 0.15) is 12.8 Å². The second-order valence-electron chi connectivity index (χ2n) is 4.90. The third-order valence-electron chi connectivity index (χ3n) is 3.55. The van der Waals surface area contributed by atoms with Crippen LogP contribution >= 0.6 is 22.6 Å². The highest BCUT2D eigenvalue weighted by atomic mass is 127. The van der Waals surface area contributed by atoms with Crippen molar-refractivity contribution in [1.29, 1.82) is 0 Å². The summed E-state index contributed by atoms with van der Waals surface area (Å²) in [5.41, 5.74) is 0. The zero-order valence-electron chi connectivity index (χ0n) is 9.47. The van der Waals surface area contributed by atoms with Gasteiger partial charge in [-0.2, -0.15) is 9.78 Å². The van der Waals surface area contributed by atoms with Crippen LogP contribution in [0.4, 0.5) is 4.79 Å². The lowest BCUT2D eigenvalue weighted by molar-refractivity contribution is 0.204. The molecule has 3 rings (SSSR count). The van der Waals surface area contributed by atoms with Crippen molar-refractivity contribution in [3.63, 3.8) is 0 Å². The fraction of sp³-hybridized carbons (Fsp3) is 0.636. The van der Waals surface area contributed by atoms with E-state index in [1.54, 1.807) is 12.4 Å². The van der Waals surface area contributed by atoms with Crippen LogP contribution < -0.4 is 5.32 Å². The van der Waals surface area contributed by atoms with Gasteiger partial charge in [0.1, 0.15) is 0 Å². The molecule has 6 heteroatoms. The number of nitrogens with zero attached hydrogens (tertiary/aromatic N) is 3. The number of fused-ring (bicyclic) bond motifs is 2. The van der Waals surface area contributed by atoms with E-state index in [2.05, 4.69) is 37.9 Å². The molecule has 2 aliphatic rings. The Labute approximate surface area is 114 Å². The van der Waals surface area contributed by atoms with E-state index < -0.39 is 0 Å². The van der Waals surface area contributed by atoms with Gasteiger partial charge in [0.25, 0.3) is 0 Å². The molecule has 17 heavy (non-hydrogen) atoms. The van der Waals surface area contributed by atoms with Gasteiger partial charge < -0.3 is 10.2 Å². The van der Waals surface area contributed by atoms with Gasteiger partial charge in [0, 0.05) is 25.3 Å². The molecular weight excluding hydrogens is 331 g/mol. The maximum Gasteiger partial charge on any atom is 0.342 e. The molecule has 3 atom stereocenters. The average Bonchev–Trinajstić information content (AvgIpc) is 2.85. The van der Waals surface area contributed by atoms with E-state index in [1.165, 1.54) is 24.2 Å². The lowest BCUT2D eigenvalue weighted by Gasteiger charge is -2.30. The van der Waals surface area contributed by atoms with Crippen molar-refractivity contribution in [2.75, 3.05) is 19.6 Å². The Kier molecular flexibility index (Phi) is 3.08. The predicted molar refractivity (Wildman–Crippen MR) is 71.8 cm³/mol. The summed E-state index contributed by atoms with van der Waals surface area (Å²) in [5.74, 6) is 0.770. The quantitative estimate of drug-likeness (QED) is 0.776. The summed E-state index contributed by atoms with van der Waals surface area (Å²) in [7, 11) is 0. The molecule has 2 bridgehead atoms. The summed E-state index contributed by atoms with van der Waals surface area (Å²) in [6.07, 6.45) is 5.83. The molecule has 0 saturated carbocycles.